The fourth-order valence-electron chi connectivity index (χ4n) is 0.717. The van der Waals surface area contributed by atoms with E-state index in [4.69, 9.17) is 10.00 Å². The predicted molar refractivity (Wildman–Crippen MR) is 45.0 cm³/mol. The van der Waals surface area contributed by atoms with E-state index < -0.39 is 0 Å². The Labute approximate surface area is 70.9 Å². The zero-order valence-corrected chi connectivity index (χ0v) is 6.69. The topological polar surface area (TPSA) is 45.9 Å². The Bertz CT molecular complexity index is 308. The molecule has 1 aromatic heterocycles. The summed E-state index contributed by atoms with van der Waals surface area (Å²) in [5, 5.41) is 8.45. The van der Waals surface area contributed by atoms with E-state index in [-0.39, 0.29) is 0 Å². The molecule has 0 N–H and O–H groups in total. The van der Waals surface area contributed by atoms with Crippen LogP contribution in [0.15, 0.2) is 24.6 Å². The minimum Gasteiger partial charge on any atom is -0.504 e. The third-order valence-electron chi connectivity index (χ3n) is 1.30. The highest BCUT2D eigenvalue weighted by Gasteiger charge is 1.89. The van der Waals surface area contributed by atoms with Crippen molar-refractivity contribution in [1.29, 1.82) is 5.26 Å². The quantitative estimate of drug-likeness (QED) is 0.617. The maximum Gasteiger partial charge on any atom is 0.140 e. The van der Waals surface area contributed by atoms with Crippen LogP contribution in [0.5, 0.6) is 0 Å². The molecule has 0 aromatic carbocycles. The van der Waals surface area contributed by atoms with E-state index in [1.165, 1.54) is 0 Å². The minimum atomic E-state index is 0.421. The SMILES string of the molecule is COC=Cc1ccc(C#N)nc1. The van der Waals surface area contributed by atoms with E-state index in [1.54, 1.807) is 37.8 Å². The van der Waals surface area contributed by atoms with Gasteiger partial charge in [-0.3, -0.25) is 0 Å². The number of hydrogen-bond acceptors (Lipinski definition) is 3. The van der Waals surface area contributed by atoms with Crippen LogP contribution in [0.3, 0.4) is 0 Å². The van der Waals surface area contributed by atoms with Crippen molar-refractivity contribution in [3.05, 3.63) is 35.8 Å². The Morgan fingerprint density at radius 2 is 2.42 bits per heavy atom. The van der Waals surface area contributed by atoms with Crippen molar-refractivity contribution in [3.8, 4) is 6.07 Å². The number of nitrogens with zero attached hydrogens (tertiary/aromatic N) is 2. The molecule has 0 saturated carbocycles. The van der Waals surface area contributed by atoms with Crippen molar-refractivity contribution in [1.82, 2.24) is 4.98 Å². The molecule has 0 spiro atoms. The van der Waals surface area contributed by atoms with Crippen molar-refractivity contribution >= 4 is 6.08 Å². The zero-order valence-electron chi connectivity index (χ0n) is 6.69. The van der Waals surface area contributed by atoms with Gasteiger partial charge in [0, 0.05) is 6.20 Å². The van der Waals surface area contributed by atoms with Crippen molar-refractivity contribution < 1.29 is 4.74 Å². The number of aromatic nitrogens is 1. The number of methoxy groups -OCH3 is 1. The molecule has 0 aliphatic rings. The van der Waals surface area contributed by atoms with Crippen LogP contribution in [0.1, 0.15) is 11.3 Å². The first-order chi connectivity index (χ1) is 5.86. The molecule has 0 saturated heterocycles. The molecule has 0 unspecified atom stereocenters. The van der Waals surface area contributed by atoms with Crippen LogP contribution in [0.2, 0.25) is 0 Å². The van der Waals surface area contributed by atoms with Gasteiger partial charge in [0.05, 0.1) is 13.4 Å². The van der Waals surface area contributed by atoms with Gasteiger partial charge in [-0.25, -0.2) is 4.98 Å². The van der Waals surface area contributed by atoms with Crippen LogP contribution in [-0.2, 0) is 4.74 Å². The molecular formula is C9H8N2O. The Morgan fingerprint density at radius 3 is 2.92 bits per heavy atom. The van der Waals surface area contributed by atoms with Gasteiger partial charge in [-0.1, -0.05) is 6.07 Å². The van der Waals surface area contributed by atoms with Crippen molar-refractivity contribution in [2.75, 3.05) is 7.11 Å². The molecule has 3 heteroatoms. The number of pyridine rings is 1. The summed E-state index contributed by atoms with van der Waals surface area (Å²) in [5.41, 5.74) is 1.33. The van der Waals surface area contributed by atoms with E-state index in [2.05, 4.69) is 4.98 Å². The summed E-state index contributed by atoms with van der Waals surface area (Å²) in [4.78, 5) is 3.88. The van der Waals surface area contributed by atoms with Crippen LogP contribution in [0.25, 0.3) is 6.08 Å². The Hall–Kier alpha value is -1.82. The minimum absolute atomic E-state index is 0.421. The molecule has 1 rings (SSSR count). The average molecular weight is 160 g/mol. The normalized spacial score (nSPS) is 9.67. The highest BCUT2D eigenvalue weighted by Crippen LogP contribution is 2.01. The molecule has 12 heavy (non-hydrogen) atoms. The molecule has 0 bridgehead atoms. The Balaban J connectivity index is 2.80. The molecule has 0 amide bonds. The summed E-state index contributed by atoms with van der Waals surface area (Å²) in [6.07, 6.45) is 4.95. The molecule has 1 aromatic rings. The summed E-state index contributed by atoms with van der Waals surface area (Å²) in [6, 6.07) is 5.41. The number of nitriles is 1. The second-order valence-electron chi connectivity index (χ2n) is 2.13. The Kier molecular flexibility index (Phi) is 2.86. The number of rotatable bonds is 2. The lowest BCUT2D eigenvalue weighted by molar-refractivity contribution is 0.341. The van der Waals surface area contributed by atoms with Gasteiger partial charge in [0.25, 0.3) is 0 Å². The Morgan fingerprint density at radius 1 is 1.58 bits per heavy atom. The van der Waals surface area contributed by atoms with Gasteiger partial charge >= 0.3 is 0 Å². The van der Waals surface area contributed by atoms with Gasteiger partial charge in [0.15, 0.2) is 0 Å². The molecule has 0 atom stereocenters. The van der Waals surface area contributed by atoms with Crippen molar-refractivity contribution in [2.24, 2.45) is 0 Å². The van der Waals surface area contributed by atoms with Gasteiger partial charge < -0.3 is 4.74 Å². The third kappa shape index (κ3) is 2.10. The first-order valence-electron chi connectivity index (χ1n) is 3.42. The molecule has 0 aliphatic carbocycles. The summed E-state index contributed by atoms with van der Waals surface area (Å²) in [5.74, 6) is 0. The van der Waals surface area contributed by atoms with Crippen LogP contribution >= 0.6 is 0 Å². The lowest BCUT2D eigenvalue weighted by Crippen LogP contribution is -1.81. The lowest BCUT2D eigenvalue weighted by Gasteiger charge is -1.91. The van der Waals surface area contributed by atoms with Gasteiger partial charge in [-0.05, 0) is 17.7 Å². The smallest absolute Gasteiger partial charge is 0.140 e. The second-order valence-corrected chi connectivity index (χ2v) is 2.13. The molecule has 1 heterocycles. The number of ether oxygens (including phenoxy) is 1. The molecule has 0 aliphatic heterocycles. The molecule has 0 radical (unpaired) electrons. The van der Waals surface area contributed by atoms with Crippen LogP contribution < -0.4 is 0 Å². The van der Waals surface area contributed by atoms with Gasteiger partial charge in [0.1, 0.15) is 11.8 Å². The monoisotopic (exact) mass is 160 g/mol. The maximum atomic E-state index is 8.45. The molecule has 0 fully saturated rings. The zero-order chi connectivity index (χ0) is 8.81. The van der Waals surface area contributed by atoms with E-state index in [9.17, 15) is 0 Å². The molecule has 3 nitrogen and oxygen atoms in total. The van der Waals surface area contributed by atoms with Crippen LogP contribution in [0.4, 0.5) is 0 Å². The number of hydrogen-bond donors (Lipinski definition) is 0. The predicted octanol–water partition coefficient (Wildman–Crippen LogP) is 1.57. The lowest BCUT2D eigenvalue weighted by atomic mass is 10.2. The van der Waals surface area contributed by atoms with Crippen LogP contribution in [-0.4, -0.2) is 12.1 Å². The van der Waals surface area contributed by atoms with Crippen molar-refractivity contribution in [3.63, 3.8) is 0 Å². The molecular weight excluding hydrogens is 152 g/mol. The van der Waals surface area contributed by atoms with Crippen molar-refractivity contribution in [2.45, 2.75) is 0 Å². The van der Waals surface area contributed by atoms with Gasteiger partial charge in [0.2, 0.25) is 0 Å². The fraction of sp³-hybridized carbons (Fsp3) is 0.111. The first kappa shape index (κ1) is 8.28. The standard InChI is InChI=1S/C9H8N2O/c1-12-5-4-8-2-3-9(6-10)11-7-8/h2-5,7H,1H3. The van der Waals surface area contributed by atoms with E-state index in [0.717, 1.165) is 5.56 Å². The molecule has 60 valence electrons. The highest BCUT2D eigenvalue weighted by molar-refractivity contribution is 5.47. The summed E-state index contributed by atoms with van der Waals surface area (Å²) in [6.45, 7) is 0. The summed E-state index contributed by atoms with van der Waals surface area (Å²) in [7, 11) is 1.58. The van der Waals surface area contributed by atoms with E-state index >= 15 is 0 Å². The summed E-state index contributed by atoms with van der Waals surface area (Å²) >= 11 is 0. The highest BCUT2D eigenvalue weighted by atomic mass is 16.5. The average Bonchev–Trinajstić information content (AvgIpc) is 2.15. The second kappa shape index (κ2) is 4.14. The third-order valence-corrected chi connectivity index (χ3v) is 1.30. The van der Waals surface area contributed by atoms with E-state index in [0.29, 0.717) is 5.69 Å². The first-order valence-corrected chi connectivity index (χ1v) is 3.42. The van der Waals surface area contributed by atoms with Crippen LogP contribution in [0, 0.1) is 11.3 Å². The fourth-order valence-corrected chi connectivity index (χ4v) is 0.717. The maximum absolute atomic E-state index is 8.45. The van der Waals surface area contributed by atoms with Gasteiger partial charge in [-0.2, -0.15) is 5.26 Å². The van der Waals surface area contributed by atoms with E-state index in [1.807, 2.05) is 6.07 Å². The van der Waals surface area contributed by atoms with Gasteiger partial charge in [-0.15, -0.1) is 0 Å². The largest absolute Gasteiger partial charge is 0.504 e. The summed E-state index contributed by atoms with van der Waals surface area (Å²) < 4.78 is 4.73.